The Hall–Kier alpha value is -0.860. The monoisotopic (exact) mass is 297 g/mol. The lowest BCUT2D eigenvalue weighted by atomic mass is 9.85. The van der Waals surface area contributed by atoms with Crippen molar-refractivity contribution in [3.8, 4) is 0 Å². The fourth-order valence-electron chi connectivity index (χ4n) is 2.14. The summed E-state index contributed by atoms with van der Waals surface area (Å²) < 4.78 is 44.2. The van der Waals surface area contributed by atoms with Crippen molar-refractivity contribution in [3.05, 3.63) is 0 Å². The van der Waals surface area contributed by atoms with Crippen LogP contribution in [0.15, 0.2) is 0 Å². The first kappa shape index (κ1) is 17.2. The zero-order valence-corrected chi connectivity index (χ0v) is 11.8. The molecule has 1 saturated heterocycles. The smallest absolute Gasteiger partial charge is 0.383 e. The summed E-state index contributed by atoms with van der Waals surface area (Å²) in [5, 5.41) is 5.02. The van der Waals surface area contributed by atoms with Gasteiger partial charge >= 0.3 is 6.18 Å². The van der Waals surface area contributed by atoms with Crippen molar-refractivity contribution in [2.75, 3.05) is 53.5 Å². The van der Waals surface area contributed by atoms with Crippen LogP contribution in [0.3, 0.4) is 0 Å². The number of amides is 1. The van der Waals surface area contributed by atoms with Crippen LogP contribution < -0.4 is 10.6 Å². The molecule has 20 heavy (non-hydrogen) atoms. The molecule has 0 aliphatic carbocycles. The third-order valence-corrected chi connectivity index (χ3v) is 3.59. The van der Waals surface area contributed by atoms with Crippen LogP contribution in [-0.4, -0.2) is 70.5 Å². The van der Waals surface area contributed by atoms with Gasteiger partial charge in [-0.3, -0.25) is 4.79 Å². The van der Waals surface area contributed by atoms with Gasteiger partial charge in [-0.15, -0.1) is 0 Å². The highest BCUT2D eigenvalue weighted by atomic mass is 19.4. The number of alkyl halides is 3. The number of methoxy groups -OCH3 is 1. The number of hydrogen-bond acceptors (Lipinski definition) is 4. The Kier molecular flexibility index (Phi) is 6.22. The van der Waals surface area contributed by atoms with E-state index in [9.17, 15) is 18.0 Å². The minimum Gasteiger partial charge on any atom is -0.383 e. The molecule has 1 rings (SSSR count). The minimum atomic E-state index is -4.53. The molecule has 1 aliphatic rings. The molecule has 8 heteroatoms. The number of nitrogens with zero attached hydrogens (tertiary/aromatic N) is 1. The van der Waals surface area contributed by atoms with Gasteiger partial charge in [0.1, 0.15) is 0 Å². The summed E-state index contributed by atoms with van der Waals surface area (Å²) in [6.45, 7) is 1.75. The second kappa shape index (κ2) is 7.24. The van der Waals surface area contributed by atoms with E-state index < -0.39 is 17.5 Å². The lowest BCUT2D eigenvalue weighted by Crippen LogP contribution is -2.53. The summed E-state index contributed by atoms with van der Waals surface area (Å²) in [7, 11) is 3.40. The van der Waals surface area contributed by atoms with Gasteiger partial charge in [-0.1, -0.05) is 0 Å². The molecule has 0 aromatic heterocycles. The second-order valence-electron chi connectivity index (χ2n) is 5.06. The molecule has 5 nitrogen and oxygen atoms in total. The van der Waals surface area contributed by atoms with E-state index in [4.69, 9.17) is 4.74 Å². The van der Waals surface area contributed by atoms with Crippen LogP contribution in [0.5, 0.6) is 0 Å². The largest absolute Gasteiger partial charge is 0.404 e. The lowest BCUT2D eigenvalue weighted by Gasteiger charge is -2.29. The highest BCUT2D eigenvalue weighted by Gasteiger charge is 2.61. The first-order chi connectivity index (χ1) is 9.33. The van der Waals surface area contributed by atoms with E-state index in [0.717, 1.165) is 0 Å². The number of carbonyl (C=O) groups excluding carboxylic acids is 1. The molecule has 1 amide bonds. The van der Waals surface area contributed by atoms with Crippen LogP contribution in [0.25, 0.3) is 0 Å². The zero-order chi connectivity index (χ0) is 15.2. The summed E-state index contributed by atoms with van der Waals surface area (Å²) in [6.07, 6.45) is -4.73. The Morgan fingerprint density at radius 1 is 1.45 bits per heavy atom. The van der Waals surface area contributed by atoms with Crippen molar-refractivity contribution in [2.24, 2.45) is 5.41 Å². The van der Waals surface area contributed by atoms with Gasteiger partial charge in [-0.2, -0.15) is 13.2 Å². The number of halogens is 3. The van der Waals surface area contributed by atoms with Crippen LogP contribution in [0, 0.1) is 5.41 Å². The molecule has 0 aromatic carbocycles. The first-order valence-electron chi connectivity index (χ1n) is 6.57. The van der Waals surface area contributed by atoms with Gasteiger partial charge in [0.2, 0.25) is 5.91 Å². The predicted molar refractivity (Wildman–Crippen MR) is 68.4 cm³/mol. The molecule has 118 valence electrons. The minimum absolute atomic E-state index is 0.191. The molecule has 0 radical (unpaired) electrons. The van der Waals surface area contributed by atoms with Crippen molar-refractivity contribution in [1.29, 1.82) is 0 Å². The molecule has 1 heterocycles. The predicted octanol–water partition coefficient (Wildman–Crippen LogP) is 0.223. The van der Waals surface area contributed by atoms with E-state index in [-0.39, 0.29) is 26.1 Å². The number of nitrogens with one attached hydrogen (secondary N) is 2. The number of carbonyl (C=O) groups is 1. The standard InChI is InChI=1S/C12H22F3N3O2/c1-18(7-8-20-2)6-5-17-10(19)11(12(13,14)15)3-4-16-9-11/h16H,3-9H2,1-2H3,(H,17,19). The van der Waals surface area contributed by atoms with Gasteiger partial charge in [0.15, 0.2) is 5.41 Å². The molecular formula is C12H22F3N3O2. The Labute approximate surface area is 116 Å². The summed E-state index contributed by atoms with van der Waals surface area (Å²) in [5.74, 6) is -0.935. The van der Waals surface area contributed by atoms with Crippen molar-refractivity contribution < 1.29 is 22.7 Å². The van der Waals surface area contributed by atoms with E-state index in [1.165, 1.54) is 0 Å². The van der Waals surface area contributed by atoms with Gasteiger partial charge in [-0.25, -0.2) is 0 Å². The molecule has 0 bridgehead atoms. The van der Waals surface area contributed by atoms with Crippen LogP contribution in [0.4, 0.5) is 13.2 Å². The molecule has 0 saturated carbocycles. The molecule has 2 N–H and O–H groups in total. The fourth-order valence-corrected chi connectivity index (χ4v) is 2.14. The van der Waals surface area contributed by atoms with Gasteiger partial charge in [0.25, 0.3) is 0 Å². The number of likely N-dealkylation sites (N-methyl/N-ethyl adjacent to an activating group) is 1. The van der Waals surface area contributed by atoms with Gasteiger partial charge in [-0.05, 0) is 20.0 Å². The highest BCUT2D eigenvalue weighted by molar-refractivity contribution is 5.84. The molecule has 0 spiro atoms. The lowest BCUT2D eigenvalue weighted by molar-refractivity contribution is -0.216. The van der Waals surface area contributed by atoms with E-state index in [2.05, 4.69) is 10.6 Å². The Morgan fingerprint density at radius 3 is 2.65 bits per heavy atom. The number of ether oxygens (including phenoxy) is 1. The Morgan fingerprint density at radius 2 is 2.15 bits per heavy atom. The number of hydrogen-bond donors (Lipinski definition) is 2. The zero-order valence-electron chi connectivity index (χ0n) is 11.8. The first-order valence-corrected chi connectivity index (χ1v) is 6.57. The summed E-state index contributed by atoms with van der Waals surface area (Å²) in [4.78, 5) is 13.8. The van der Waals surface area contributed by atoms with Crippen LogP contribution in [-0.2, 0) is 9.53 Å². The molecule has 1 atom stereocenters. The van der Waals surface area contributed by atoms with Crippen molar-refractivity contribution in [2.45, 2.75) is 12.6 Å². The van der Waals surface area contributed by atoms with E-state index in [1.54, 1.807) is 7.11 Å². The second-order valence-corrected chi connectivity index (χ2v) is 5.06. The average Bonchev–Trinajstić information content (AvgIpc) is 2.86. The van der Waals surface area contributed by atoms with Gasteiger partial charge in [0, 0.05) is 33.3 Å². The summed E-state index contributed by atoms with van der Waals surface area (Å²) in [5.41, 5.74) is -2.28. The molecule has 1 aliphatic heterocycles. The average molecular weight is 297 g/mol. The maximum absolute atomic E-state index is 13.1. The van der Waals surface area contributed by atoms with Crippen molar-refractivity contribution in [1.82, 2.24) is 15.5 Å². The maximum Gasteiger partial charge on any atom is 0.404 e. The molecule has 0 aromatic rings. The molecule has 1 unspecified atom stereocenters. The van der Waals surface area contributed by atoms with Crippen LogP contribution in [0.2, 0.25) is 0 Å². The third-order valence-electron chi connectivity index (χ3n) is 3.59. The van der Waals surface area contributed by atoms with Gasteiger partial charge < -0.3 is 20.3 Å². The Bertz CT molecular complexity index is 318. The van der Waals surface area contributed by atoms with Crippen molar-refractivity contribution >= 4 is 5.91 Å². The quantitative estimate of drug-likeness (QED) is 0.706. The SMILES string of the molecule is COCCN(C)CCNC(=O)C1(C(F)(F)F)CCNC1. The molecule has 1 fully saturated rings. The topological polar surface area (TPSA) is 53.6 Å². The van der Waals surface area contributed by atoms with E-state index in [1.807, 2.05) is 11.9 Å². The van der Waals surface area contributed by atoms with Crippen molar-refractivity contribution in [3.63, 3.8) is 0 Å². The molecular weight excluding hydrogens is 275 g/mol. The summed E-state index contributed by atoms with van der Waals surface area (Å²) in [6, 6.07) is 0. The Balaban J connectivity index is 2.45. The van der Waals surface area contributed by atoms with Crippen LogP contribution in [0.1, 0.15) is 6.42 Å². The van der Waals surface area contributed by atoms with Gasteiger partial charge in [0.05, 0.1) is 6.61 Å². The van der Waals surface area contributed by atoms with E-state index >= 15 is 0 Å². The van der Waals surface area contributed by atoms with E-state index in [0.29, 0.717) is 19.7 Å². The van der Waals surface area contributed by atoms with Crippen LogP contribution >= 0.6 is 0 Å². The summed E-state index contributed by atoms with van der Waals surface area (Å²) >= 11 is 0. The normalized spacial score (nSPS) is 23.3. The fraction of sp³-hybridized carbons (Fsp3) is 0.917. The third kappa shape index (κ3) is 4.07. The highest BCUT2D eigenvalue weighted by Crippen LogP contribution is 2.43. The number of rotatable bonds is 7. The maximum atomic E-state index is 13.1.